The number of hydrogen-bond acceptors (Lipinski definition) is 2. The Kier molecular flexibility index (Phi) is 6.36. The van der Waals surface area contributed by atoms with Gasteiger partial charge in [-0.15, -0.1) is 0 Å². The number of rotatable bonds is 6. The molecule has 1 atom stereocenters. The Balaban J connectivity index is 2.76. The molecular formula is C14H20BrNO2. The maximum Gasteiger partial charge on any atom is 0.251 e. The van der Waals surface area contributed by atoms with E-state index in [-0.39, 0.29) is 11.9 Å². The molecule has 0 radical (unpaired) electrons. The average Bonchev–Trinajstić information content (AvgIpc) is 2.33. The molecule has 1 unspecified atom stereocenters. The van der Waals surface area contributed by atoms with Crippen molar-refractivity contribution in [3.8, 4) is 0 Å². The number of methoxy groups -OCH3 is 1. The molecule has 0 aliphatic rings. The van der Waals surface area contributed by atoms with E-state index < -0.39 is 0 Å². The summed E-state index contributed by atoms with van der Waals surface area (Å²) in [4.78, 5) is 12.2. The predicted molar refractivity (Wildman–Crippen MR) is 76.9 cm³/mol. The summed E-state index contributed by atoms with van der Waals surface area (Å²) in [5.74, 6) is -0.0377. The molecule has 0 fully saturated rings. The van der Waals surface area contributed by atoms with E-state index in [4.69, 9.17) is 4.74 Å². The van der Waals surface area contributed by atoms with Gasteiger partial charge in [-0.1, -0.05) is 35.3 Å². The normalized spacial score (nSPS) is 12.2. The minimum Gasteiger partial charge on any atom is -0.383 e. The van der Waals surface area contributed by atoms with E-state index >= 15 is 0 Å². The number of halogens is 1. The Morgan fingerprint density at radius 2 is 2.22 bits per heavy atom. The molecule has 0 saturated heterocycles. The highest BCUT2D eigenvalue weighted by Gasteiger charge is 2.14. The van der Waals surface area contributed by atoms with Crippen LogP contribution >= 0.6 is 15.9 Å². The second-order valence-corrected chi connectivity index (χ2v) is 5.29. The number of hydrogen-bond donors (Lipinski definition) is 1. The van der Waals surface area contributed by atoms with Gasteiger partial charge in [0.2, 0.25) is 0 Å². The maximum absolute atomic E-state index is 12.2. The topological polar surface area (TPSA) is 38.3 Å². The van der Waals surface area contributed by atoms with Crippen LogP contribution in [0.15, 0.2) is 22.7 Å². The van der Waals surface area contributed by atoms with Crippen molar-refractivity contribution >= 4 is 21.8 Å². The first-order valence-electron chi connectivity index (χ1n) is 6.14. The van der Waals surface area contributed by atoms with Gasteiger partial charge in [0.25, 0.3) is 5.91 Å². The van der Waals surface area contributed by atoms with Crippen LogP contribution in [0.5, 0.6) is 0 Å². The SMILES string of the molecule is CCCC(COC)NC(=O)c1cc(Br)ccc1C. The van der Waals surface area contributed by atoms with Gasteiger partial charge < -0.3 is 10.1 Å². The highest BCUT2D eigenvalue weighted by atomic mass is 79.9. The average molecular weight is 314 g/mol. The fourth-order valence-electron chi connectivity index (χ4n) is 1.85. The van der Waals surface area contributed by atoms with Gasteiger partial charge in [-0.25, -0.2) is 0 Å². The lowest BCUT2D eigenvalue weighted by molar-refractivity contribution is 0.0891. The molecule has 1 amide bonds. The first kappa shape index (κ1) is 15.2. The number of nitrogens with one attached hydrogen (secondary N) is 1. The fraction of sp³-hybridized carbons (Fsp3) is 0.500. The monoisotopic (exact) mass is 313 g/mol. The van der Waals surface area contributed by atoms with E-state index in [0.717, 1.165) is 22.9 Å². The van der Waals surface area contributed by atoms with Crippen molar-refractivity contribution < 1.29 is 9.53 Å². The number of carbonyl (C=O) groups excluding carboxylic acids is 1. The van der Waals surface area contributed by atoms with E-state index in [2.05, 4.69) is 28.2 Å². The number of amides is 1. The van der Waals surface area contributed by atoms with Gasteiger partial charge in [-0.2, -0.15) is 0 Å². The minimum absolute atomic E-state index is 0.0377. The summed E-state index contributed by atoms with van der Waals surface area (Å²) in [5, 5.41) is 3.02. The molecule has 18 heavy (non-hydrogen) atoms. The summed E-state index contributed by atoms with van der Waals surface area (Å²) in [6, 6.07) is 5.79. The number of benzene rings is 1. The Morgan fingerprint density at radius 3 is 2.83 bits per heavy atom. The molecule has 4 heteroatoms. The second-order valence-electron chi connectivity index (χ2n) is 4.37. The molecule has 1 aromatic rings. The Hall–Kier alpha value is -0.870. The largest absolute Gasteiger partial charge is 0.383 e. The quantitative estimate of drug-likeness (QED) is 0.875. The van der Waals surface area contributed by atoms with Gasteiger partial charge in [-0.3, -0.25) is 4.79 Å². The van der Waals surface area contributed by atoms with Crippen LogP contribution in [0, 0.1) is 6.92 Å². The van der Waals surface area contributed by atoms with Crippen LogP contribution in [0.25, 0.3) is 0 Å². The smallest absolute Gasteiger partial charge is 0.251 e. The van der Waals surface area contributed by atoms with Crippen molar-refractivity contribution in [2.24, 2.45) is 0 Å². The van der Waals surface area contributed by atoms with Gasteiger partial charge in [0.1, 0.15) is 0 Å². The fourth-order valence-corrected chi connectivity index (χ4v) is 2.21. The molecular weight excluding hydrogens is 294 g/mol. The lowest BCUT2D eigenvalue weighted by Gasteiger charge is -2.18. The maximum atomic E-state index is 12.2. The zero-order chi connectivity index (χ0) is 13.5. The summed E-state index contributed by atoms with van der Waals surface area (Å²) in [6.45, 7) is 4.58. The van der Waals surface area contributed by atoms with Crippen molar-refractivity contribution in [3.05, 3.63) is 33.8 Å². The molecule has 0 aliphatic heterocycles. The van der Waals surface area contributed by atoms with Crippen LogP contribution in [0.3, 0.4) is 0 Å². The molecule has 0 spiro atoms. The van der Waals surface area contributed by atoms with E-state index in [1.54, 1.807) is 7.11 Å². The van der Waals surface area contributed by atoms with Crippen molar-refractivity contribution in [3.63, 3.8) is 0 Å². The molecule has 0 saturated carbocycles. The Labute approximate surface area is 117 Å². The zero-order valence-electron chi connectivity index (χ0n) is 11.1. The number of ether oxygens (including phenoxy) is 1. The van der Waals surface area contributed by atoms with Crippen molar-refractivity contribution in [1.82, 2.24) is 5.32 Å². The third-order valence-corrected chi connectivity index (χ3v) is 3.28. The van der Waals surface area contributed by atoms with Gasteiger partial charge in [-0.05, 0) is 31.0 Å². The van der Waals surface area contributed by atoms with E-state index in [1.807, 2.05) is 25.1 Å². The van der Waals surface area contributed by atoms with Crippen molar-refractivity contribution in [1.29, 1.82) is 0 Å². The van der Waals surface area contributed by atoms with Crippen molar-refractivity contribution in [2.75, 3.05) is 13.7 Å². The van der Waals surface area contributed by atoms with Crippen LogP contribution in [0.2, 0.25) is 0 Å². The first-order valence-corrected chi connectivity index (χ1v) is 6.93. The van der Waals surface area contributed by atoms with Crippen LogP contribution in [-0.2, 0) is 4.74 Å². The summed E-state index contributed by atoms with van der Waals surface area (Å²) in [5.41, 5.74) is 1.69. The molecule has 1 aromatic carbocycles. The summed E-state index contributed by atoms with van der Waals surface area (Å²) in [7, 11) is 1.65. The summed E-state index contributed by atoms with van der Waals surface area (Å²) >= 11 is 3.39. The van der Waals surface area contributed by atoms with Crippen LogP contribution in [0.1, 0.15) is 35.7 Å². The second kappa shape index (κ2) is 7.54. The first-order chi connectivity index (χ1) is 8.58. The van der Waals surface area contributed by atoms with E-state index in [9.17, 15) is 4.79 Å². The molecule has 1 N–H and O–H groups in total. The number of aryl methyl sites for hydroxylation is 1. The molecule has 0 aliphatic carbocycles. The molecule has 0 aromatic heterocycles. The van der Waals surface area contributed by atoms with Crippen LogP contribution in [0.4, 0.5) is 0 Å². The van der Waals surface area contributed by atoms with Gasteiger partial charge in [0, 0.05) is 17.1 Å². The third-order valence-electron chi connectivity index (χ3n) is 2.78. The van der Waals surface area contributed by atoms with E-state index in [0.29, 0.717) is 12.2 Å². The zero-order valence-corrected chi connectivity index (χ0v) is 12.7. The lowest BCUT2D eigenvalue weighted by atomic mass is 10.1. The standard InChI is InChI=1S/C14H20BrNO2/c1-4-5-12(9-18-3)16-14(17)13-8-11(15)7-6-10(13)2/h6-8,12H,4-5,9H2,1-3H3,(H,16,17). The molecule has 1 rings (SSSR count). The van der Waals surface area contributed by atoms with Crippen LogP contribution < -0.4 is 5.32 Å². The minimum atomic E-state index is -0.0377. The van der Waals surface area contributed by atoms with Crippen molar-refractivity contribution in [2.45, 2.75) is 32.7 Å². The predicted octanol–water partition coefficient (Wildman–Crippen LogP) is 3.30. The van der Waals surface area contributed by atoms with Crippen LogP contribution in [-0.4, -0.2) is 25.7 Å². The summed E-state index contributed by atoms with van der Waals surface area (Å²) in [6.07, 6.45) is 1.94. The van der Waals surface area contributed by atoms with Gasteiger partial charge in [0.05, 0.1) is 12.6 Å². The molecule has 0 heterocycles. The molecule has 100 valence electrons. The highest BCUT2D eigenvalue weighted by molar-refractivity contribution is 9.10. The lowest BCUT2D eigenvalue weighted by Crippen LogP contribution is -2.38. The number of carbonyl (C=O) groups is 1. The molecule has 3 nitrogen and oxygen atoms in total. The van der Waals surface area contributed by atoms with E-state index in [1.165, 1.54) is 0 Å². The summed E-state index contributed by atoms with van der Waals surface area (Å²) < 4.78 is 6.04. The Bertz CT molecular complexity index is 401. The van der Waals surface area contributed by atoms with Gasteiger partial charge in [0.15, 0.2) is 0 Å². The highest BCUT2D eigenvalue weighted by Crippen LogP contribution is 2.16. The van der Waals surface area contributed by atoms with Gasteiger partial charge >= 0.3 is 0 Å². The third kappa shape index (κ3) is 4.42. The molecule has 0 bridgehead atoms. The Morgan fingerprint density at radius 1 is 1.50 bits per heavy atom.